The summed E-state index contributed by atoms with van der Waals surface area (Å²) in [5.41, 5.74) is 2.43. The third-order valence-electron chi connectivity index (χ3n) is 7.81. The molecule has 0 amide bonds. The minimum absolute atomic E-state index is 0.00994. The molecule has 36 heavy (non-hydrogen) atoms. The van der Waals surface area contributed by atoms with Crippen LogP contribution in [0.15, 0.2) is 30.3 Å². The van der Waals surface area contributed by atoms with Gasteiger partial charge < -0.3 is 23.7 Å². The number of carbonyl (C=O) groups is 2. The van der Waals surface area contributed by atoms with Gasteiger partial charge in [-0.15, -0.1) is 0 Å². The highest BCUT2D eigenvalue weighted by Gasteiger charge is 2.47. The third-order valence-corrected chi connectivity index (χ3v) is 7.81. The Hall–Kier alpha value is -3.22. The molecular formula is C29H34O7. The summed E-state index contributed by atoms with van der Waals surface area (Å²) in [4.78, 5) is 25.3. The molecule has 7 heteroatoms. The van der Waals surface area contributed by atoms with E-state index in [1.807, 2.05) is 24.3 Å². The van der Waals surface area contributed by atoms with Gasteiger partial charge in [0, 0.05) is 11.1 Å². The summed E-state index contributed by atoms with van der Waals surface area (Å²) in [5.74, 6) is 1.07. The summed E-state index contributed by atoms with van der Waals surface area (Å²) in [6, 6.07) is 9.33. The van der Waals surface area contributed by atoms with Gasteiger partial charge >= 0.3 is 11.9 Å². The Kier molecular flexibility index (Phi) is 7.08. The lowest BCUT2D eigenvalue weighted by Gasteiger charge is -2.40. The van der Waals surface area contributed by atoms with Crippen molar-refractivity contribution >= 4 is 11.9 Å². The van der Waals surface area contributed by atoms with Gasteiger partial charge in [-0.3, -0.25) is 4.79 Å². The fraction of sp³-hybridized carbons (Fsp3) is 0.517. The molecule has 0 bridgehead atoms. The van der Waals surface area contributed by atoms with E-state index in [-0.39, 0.29) is 31.3 Å². The van der Waals surface area contributed by atoms with Gasteiger partial charge in [0.25, 0.3) is 0 Å². The van der Waals surface area contributed by atoms with E-state index in [0.717, 1.165) is 61.6 Å². The smallest absolute Gasteiger partial charge is 0.338 e. The highest BCUT2D eigenvalue weighted by atomic mass is 16.6. The number of cyclic esters (lactones) is 1. The van der Waals surface area contributed by atoms with E-state index in [4.69, 9.17) is 23.7 Å². The fourth-order valence-electron chi connectivity index (χ4n) is 5.43. The Labute approximate surface area is 212 Å². The summed E-state index contributed by atoms with van der Waals surface area (Å²) in [7, 11) is 3.15. The number of hydrogen-bond acceptors (Lipinski definition) is 7. The lowest BCUT2D eigenvalue weighted by atomic mass is 9.69. The molecule has 0 unspecified atom stereocenters. The van der Waals surface area contributed by atoms with E-state index in [1.165, 1.54) is 12.8 Å². The number of rotatable bonds is 8. The molecule has 3 aliphatic rings. The van der Waals surface area contributed by atoms with Crippen molar-refractivity contribution in [2.75, 3.05) is 20.8 Å². The molecule has 0 N–H and O–H groups in total. The van der Waals surface area contributed by atoms with Crippen LogP contribution in [0.4, 0.5) is 0 Å². The molecule has 0 aromatic heterocycles. The fourth-order valence-corrected chi connectivity index (χ4v) is 5.43. The first-order valence-electron chi connectivity index (χ1n) is 12.9. The maximum Gasteiger partial charge on any atom is 0.338 e. The first-order valence-corrected chi connectivity index (χ1v) is 12.9. The van der Waals surface area contributed by atoms with Crippen LogP contribution in [0.3, 0.4) is 0 Å². The number of ether oxygens (including phenoxy) is 5. The average Bonchev–Trinajstić information content (AvgIpc) is 3.05. The average molecular weight is 495 g/mol. The van der Waals surface area contributed by atoms with Gasteiger partial charge in [0.1, 0.15) is 24.7 Å². The van der Waals surface area contributed by atoms with Gasteiger partial charge in [0.2, 0.25) is 5.75 Å². The van der Waals surface area contributed by atoms with E-state index in [2.05, 4.69) is 0 Å². The molecule has 2 saturated carbocycles. The van der Waals surface area contributed by atoms with Crippen LogP contribution in [-0.4, -0.2) is 38.9 Å². The normalized spacial score (nSPS) is 18.9. The van der Waals surface area contributed by atoms with Crippen LogP contribution in [0.2, 0.25) is 0 Å². The predicted octanol–water partition coefficient (Wildman–Crippen LogP) is 5.86. The Morgan fingerprint density at radius 2 is 1.69 bits per heavy atom. The highest BCUT2D eigenvalue weighted by molar-refractivity contribution is 5.94. The maximum absolute atomic E-state index is 13.3. The van der Waals surface area contributed by atoms with Crippen molar-refractivity contribution in [3.8, 4) is 28.4 Å². The monoisotopic (exact) mass is 494 g/mol. The first kappa shape index (κ1) is 24.5. The zero-order valence-electron chi connectivity index (χ0n) is 21.1. The summed E-state index contributed by atoms with van der Waals surface area (Å²) in [6.07, 6.45) is 9.03. The van der Waals surface area contributed by atoms with Gasteiger partial charge in [0.15, 0.2) is 11.5 Å². The standard InChI is InChI=1S/C29H34O7/c1-32-24-13-12-22(19-10-11-23-20(16-19)17-34-27(23)30)25(26(24)33-2)35-18-29(14-7-15-29)28(31)36-21-8-5-3-4-6-9-21/h10-13,16,21H,3-9,14-15,17-18H2,1-2H3. The molecule has 2 aromatic carbocycles. The minimum Gasteiger partial charge on any atom is -0.493 e. The quantitative estimate of drug-likeness (QED) is 0.336. The van der Waals surface area contributed by atoms with Gasteiger partial charge in [-0.1, -0.05) is 25.3 Å². The van der Waals surface area contributed by atoms with E-state index in [9.17, 15) is 9.59 Å². The van der Waals surface area contributed by atoms with Crippen molar-refractivity contribution in [2.45, 2.75) is 70.5 Å². The second-order valence-corrected chi connectivity index (χ2v) is 10.1. The van der Waals surface area contributed by atoms with Crippen molar-refractivity contribution in [1.29, 1.82) is 0 Å². The topological polar surface area (TPSA) is 80.3 Å². The number of fused-ring (bicyclic) bond motifs is 1. The van der Waals surface area contributed by atoms with E-state index in [0.29, 0.717) is 22.8 Å². The van der Waals surface area contributed by atoms with Gasteiger partial charge in [-0.2, -0.15) is 0 Å². The summed E-state index contributed by atoms with van der Waals surface area (Å²) >= 11 is 0. The molecule has 0 radical (unpaired) electrons. The van der Waals surface area contributed by atoms with Crippen LogP contribution in [0.5, 0.6) is 17.2 Å². The summed E-state index contributed by atoms with van der Waals surface area (Å²) < 4.78 is 28.9. The first-order chi connectivity index (χ1) is 17.5. The SMILES string of the molecule is COc1ccc(-c2ccc3c(c2)COC3=O)c(OCC2(C(=O)OC3CCCCCC3)CCC2)c1OC. The van der Waals surface area contributed by atoms with Crippen LogP contribution < -0.4 is 14.2 Å². The van der Waals surface area contributed by atoms with E-state index < -0.39 is 5.41 Å². The molecule has 2 aliphatic carbocycles. The molecule has 192 valence electrons. The van der Waals surface area contributed by atoms with Crippen molar-refractivity contribution in [2.24, 2.45) is 5.41 Å². The largest absolute Gasteiger partial charge is 0.493 e. The van der Waals surface area contributed by atoms with Crippen LogP contribution in [0.25, 0.3) is 11.1 Å². The number of methoxy groups -OCH3 is 2. The zero-order chi connectivity index (χ0) is 25.1. The summed E-state index contributed by atoms with van der Waals surface area (Å²) in [5, 5.41) is 0. The molecule has 5 rings (SSSR count). The number of carbonyl (C=O) groups excluding carboxylic acids is 2. The molecule has 0 atom stereocenters. The van der Waals surface area contributed by atoms with E-state index >= 15 is 0 Å². The number of hydrogen-bond donors (Lipinski definition) is 0. The second kappa shape index (κ2) is 10.4. The predicted molar refractivity (Wildman–Crippen MR) is 133 cm³/mol. The lowest BCUT2D eigenvalue weighted by molar-refractivity contribution is -0.170. The van der Waals surface area contributed by atoms with Crippen molar-refractivity contribution in [3.05, 3.63) is 41.5 Å². The van der Waals surface area contributed by atoms with Crippen LogP contribution >= 0.6 is 0 Å². The molecule has 2 fully saturated rings. The Bertz CT molecular complexity index is 1130. The van der Waals surface area contributed by atoms with Gasteiger partial charge in [-0.05, 0) is 68.4 Å². The highest BCUT2D eigenvalue weighted by Crippen LogP contribution is 2.48. The van der Waals surface area contributed by atoms with E-state index in [1.54, 1.807) is 20.3 Å². The molecule has 7 nitrogen and oxygen atoms in total. The molecule has 2 aromatic rings. The third kappa shape index (κ3) is 4.63. The van der Waals surface area contributed by atoms with Crippen LogP contribution in [-0.2, 0) is 20.9 Å². The second-order valence-electron chi connectivity index (χ2n) is 10.1. The number of benzene rings is 2. The molecule has 1 aliphatic heterocycles. The van der Waals surface area contributed by atoms with Crippen LogP contribution in [0.1, 0.15) is 73.7 Å². The van der Waals surface area contributed by atoms with Crippen molar-refractivity contribution < 1.29 is 33.3 Å². The van der Waals surface area contributed by atoms with Crippen LogP contribution in [0, 0.1) is 5.41 Å². The van der Waals surface area contributed by atoms with Gasteiger partial charge in [0.05, 0.1) is 19.8 Å². The zero-order valence-corrected chi connectivity index (χ0v) is 21.1. The summed E-state index contributed by atoms with van der Waals surface area (Å²) in [6.45, 7) is 0.462. The maximum atomic E-state index is 13.3. The Morgan fingerprint density at radius 1 is 0.944 bits per heavy atom. The molecule has 1 heterocycles. The van der Waals surface area contributed by atoms with Gasteiger partial charge in [-0.25, -0.2) is 4.79 Å². The molecule has 0 saturated heterocycles. The van der Waals surface area contributed by atoms with Crippen molar-refractivity contribution in [1.82, 2.24) is 0 Å². The minimum atomic E-state index is -0.643. The molecule has 0 spiro atoms. The Morgan fingerprint density at radius 3 is 2.36 bits per heavy atom. The lowest BCUT2D eigenvalue weighted by Crippen LogP contribution is -2.45. The Balaban J connectivity index is 1.42. The van der Waals surface area contributed by atoms with Crippen molar-refractivity contribution in [3.63, 3.8) is 0 Å². The molecular weight excluding hydrogens is 460 g/mol. The number of esters is 2.